The molecule has 1 heterocycles. The van der Waals surface area contributed by atoms with Crippen LogP contribution >= 0.6 is 11.6 Å². The minimum atomic E-state index is 0.822. The monoisotopic (exact) mass is 165 g/mol. The number of halogens is 1. The van der Waals surface area contributed by atoms with E-state index in [-0.39, 0.29) is 0 Å². The molecular formula is C9H8ClN. The van der Waals surface area contributed by atoms with Crippen LogP contribution < -0.4 is 0 Å². The van der Waals surface area contributed by atoms with Crippen LogP contribution in [0.15, 0.2) is 30.5 Å². The lowest BCUT2D eigenvalue weighted by atomic mass is 10.2. The molecule has 0 spiro atoms. The highest BCUT2D eigenvalue weighted by Gasteiger charge is 2.00. The summed E-state index contributed by atoms with van der Waals surface area (Å²) in [5.41, 5.74) is 1.18. The number of aromatic nitrogens is 1. The van der Waals surface area contributed by atoms with Gasteiger partial charge in [0.05, 0.1) is 5.02 Å². The second-order valence-corrected chi connectivity index (χ2v) is 3.01. The van der Waals surface area contributed by atoms with Crippen molar-refractivity contribution in [2.45, 2.75) is 0 Å². The Morgan fingerprint density at radius 2 is 2.00 bits per heavy atom. The molecule has 2 heteroatoms. The molecule has 0 aliphatic heterocycles. The highest BCUT2D eigenvalue weighted by molar-refractivity contribution is 6.35. The van der Waals surface area contributed by atoms with Crippen LogP contribution in [0.25, 0.3) is 10.9 Å². The summed E-state index contributed by atoms with van der Waals surface area (Å²) in [4.78, 5) is 0. The van der Waals surface area contributed by atoms with Crippen molar-refractivity contribution in [1.82, 2.24) is 4.57 Å². The average Bonchev–Trinajstić information content (AvgIpc) is 2.30. The second-order valence-electron chi connectivity index (χ2n) is 2.61. The van der Waals surface area contributed by atoms with E-state index < -0.39 is 0 Å². The average molecular weight is 166 g/mol. The summed E-state index contributed by atoms with van der Waals surface area (Å²) >= 11 is 5.96. The van der Waals surface area contributed by atoms with Gasteiger partial charge in [0.25, 0.3) is 0 Å². The Kier molecular flexibility index (Phi) is 1.40. The van der Waals surface area contributed by atoms with E-state index in [0.717, 1.165) is 10.4 Å². The van der Waals surface area contributed by atoms with Gasteiger partial charge in [-0.05, 0) is 6.07 Å². The Labute approximate surface area is 70.2 Å². The Balaban J connectivity index is 2.95. The number of fused-ring (bicyclic) bond motifs is 1. The fourth-order valence-electron chi connectivity index (χ4n) is 1.29. The van der Waals surface area contributed by atoms with Crippen LogP contribution in [0.4, 0.5) is 0 Å². The third-order valence-electron chi connectivity index (χ3n) is 1.85. The molecule has 1 nitrogen and oxygen atoms in total. The summed E-state index contributed by atoms with van der Waals surface area (Å²) in [5.74, 6) is 0. The zero-order chi connectivity index (χ0) is 7.84. The van der Waals surface area contributed by atoms with Gasteiger partial charge in [-0.15, -0.1) is 0 Å². The number of rotatable bonds is 0. The first kappa shape index (κ1) is 6.74. The first-order chi connectivity index (χ1) is 5.29. The van der Waals surface area contributed by atoms with Gasteiger partial charge in [0.2, 0.25) is 0 Å². The number of hydrogen-bond acceptors (Lipinski definition) is 0. The number of nitrogens with zero attached hydrogens (tertiary/aromatic N) is 1. The van der Waals surface area contributed by atoms with E-state index in [0.29, 0.717) is 0 Å². The molecule has 0 N–H and O–H groups in total. The number of benzene rings is 1. The smallest absolute Gasteiger partial charge is 0.0661 e. The van der Waals surface area contributed by atoms with E-state index in [1.807, 2.05) is 36.0 Å². The van der Waals surface area contributed by atoms with Crippen molar-refractivity contribution < 1.29 is 0 Å². The lowest BCUT2D eigenvalue weighted by Gasteiger charge is -1.92. The molecule has 0 radical (unpaired) electrons. The zero-order valence-electron chi connectivity index (χ0n) is 6.21. The van der Waals surface area contributed by atoms with Gasteiger partial charge in [-0.1, -0.05) is 29.8 Å². The predicted molar refractivity (Wildman–Crippen MR) is 47.9 cm³/mol. The first-order valence-corrected chi connectivity index (χ1v) is 3.86. The molecule has 0 saturated heterocycles. The molecule has 0 saturated carbocycles. The van der Waals surface area contributed by atoms with Crippen LogP contribution in [0.3, 0.4) is 0 Å². The van der Waals surface area contributed by atoms with Crippen LogP contribution in [0, 0.1) is 0 Å². The zero-order valence-corrected chi connectivity index (χ0v) is 6.97. The molecule has 1 aromatic heterocycles. The fraction of sp³-hybridized carbons (Fsp3) is 0.111. The van der Waals surface area contributed by atoms with Gasteiger partial charge in [-0.3, -0.25) is 0 Å². The number of aryl methyl sites for hydroxylation is 1. The van der Waals surface area contributed by atoms with Crippen LogP contribution in [0.2, 0.25) is 5.02 Å². The van der Waals surface area contributed by atoms with E-state index in [9.17, 15) is 0 Å². The van der Waals surface area contributed by atoms with Gasteiger partial charge in [0.1, 0.15) is 0 Å². The normalized spacial score (nSPS) is 10.7. The van der Waals surface area contributed by atoms with Crippen LogP contribution in [0.5, 0.6) is 0 Å². The summed E-state index contributed by atoms with van der Waals surface area (Å²) in [6.45, 7) is 0. The SMILES string of the molecule is Cn1cc(Cl)c2ccccc21. The topological polar surface area (TPSA) is 4.93 Å². The van der Waals surface area contributed by atoms with Crippen LogP contribution in [-0.2, 0) is 7.05 Å². The van der Waals surface area contributed by atoms with E-state index in [4.69, 9.17) is 11.6 Å². The van der Waals surface area contributed by atoms with E-state index >= 15 is 0 Å². The molecule has 0 amide bonds. The van der Waals surface area contributed by atoms with Crippen molar-refractivity contribution in [2.24, 2.45) is 7.05 Å². The van der Waals surface area contributed by atoms with Crippen molar-refractivity contribution in [3.05, 3.63) is 35.5 Å². The minimum absolute atomic E-state index is 0.822. The van der Waals surface area contributed by atoms with Crippen molar-refractivity contribution >= 4 is 22.5 Å². The van der Waals surface area contributed by atoms with Gasteiger partial charge < -0.3 is 4.57 Å². The Bertz CT molecular complexity index is 353. The number of para-hydroxylation sites is 1. The highest BCUT2D eigenvalue weighted by atomic mass is 35.5. The maximum absolute atomic E-state index is 5.96. The molecule has 0 bridgehead atoms. The largest absolute Gasteiger partial charge is 0.349 e. The summed E-state index contributed by atoms with van der Waals surface area (Å²) in [6.07, 6.45) is 1.92. The molecule has 0 atom stereocenters. The molecule has 2 aromatic rings. The minimum Gasteiger partial charge on any atom is -0.349 e. The van der Waals surface area contributed by atoms with Gasteiger partial charge in [0.15, 0.2) is 0 Å². The maximum Gasteiger partial charge on any atom is 0.0661 e. The van der Waals surface area contributed by atoms with E-state index in [1.165, 1.54) is 5.52 Å². The lowest BCUT2D eigenvalue weighted by molar-refractivity contribution is 0.969. The second kappa shape index (κ2) is 2.28. The highest BCUT2D eigenvalue weighted by Crippen LogP contribution is 2.23. The molecule has 2 rings (SSSR count). The Morgan fingerprint density at radius 3 is 2.73 bits per heavy atom. The van der Waals surface area contributed by atoms with Gasteiger partial charge >= 0.3 is 0 Å². The number of hydrogen-bond donors (Lipinski definition) is 0. The van der Waals surface area contributed by atoms with Crippen molar-refractivity contribution in [3.63, 3.8) is 0 Å². The van der Waals surface area contributed by atoms with Crippen molar-refractivity contribution in [2.75, 3.05) is 0 Å². The maximum atomic E-state index is 5.96. The third kappa shape index (κ3) is 0.925. The standard InChI is InChI=1S/C9H8ClN/c1-11-6-8(10)7-4-2-3-5-9(7)11/h2-6H,1H3. The molecule has 56 valence electrons. The molecule has 1 aromatic carbocycles. The molecule has 0 aliphatic carbocycles. The summed E-state index contributed by atoms with van der Waals surface area (Å²) in [5, 5.41) is 1.94. The lowest BCUT2D eigenvalue weighted by Crippen LogP contribution is -1.81. The van der Waals surface area contributed by atoms with Gasteiger partial charge in [0, 0.05) is 24.1 Å². The molecule has 0 unspecified atom stereocenters. The molecular weight excluding hydrogens is 158 g/mol. The molecule has 0 aliphatic rings. The first-order valence-electron chi connectivity index (χ1n) is 3.48. The van der Waals surface area contributed by atoms with E-state index in [1.54, 1.807) is 0 Å². The van der Waals surface area contributed by atoms with Gasteiger partial charge in [-0.2, -0.15) is 0 Å². The van der Waals surface area contributed by atoms with Crippen molar-refractivity contribution in [1.29, 1.82) is 0 Å². The van der Waals surface area contributed by atoms with Crippen LogP contribution in [-0.4, -0.2) is 4.57 Å². The summed E-state index contributed by atoms with van der Waals surface area (Å²) in [6, 6.07) is 8.09. The van der Waals surface area contributed by atoms with Crippen LogP contribution in [0.1, 0.15) is 0 Å². The molecule has 11 heavy (non-hydrogen) atoms. The predicted octanol–water partition coefficient (Wildman–Crippen LogP) is 2.83. The third-order valence-corrected chi connectivity index (χ3v) is 2.15. The Hall–Kier alpha value is -0.950. The quantitative estimate of drug-likeness (QED) is 0.566. The summed E-state index contributed by atoms with van der Waals surface area (Å²) < 4.78 is 2.03. The molecule has 0 fully saturated rings. The fourth-order valence-corrected chi connectivity index (χ4v) is 1.60. The van der Waals surface area contributed by atoms with Gasteiger partial charge in [-0.25, -0.2) is 0 Å². The Morgan fingerprint density at radius 1 is 1.27 bits per heavy atom. The summed E-state index contributed by atoms with van der Waals surface area (Å²) in [7, 11) is 1.99. The van der Waals surface area contributed by atoms with Crippen molar-refractivity contribution in [3.8, 4) is 0 Å². The van der Waals surface area contributed by atoms with E-state index in [2.05, 4.69) is 6.07 Å².